The van der Waals surface area contributed by atoms with Crippen molar-refractivity contribution in [1.82, 2.24) is 24.5 Å². The average molecular weight is 369 g/mol. The lowest BCUT2D eigenvalue weighted by atomic mass is 10.0. The molecule has 0 amide bonds. The van der Waals surface area contributed by atoms with Gasteiger partial charge in [0.1, 0.15) is 5.60 Å². The molecule has 3 aromatic rings. The molecule has 0 atom stereocenters. The van der Waals surface area contributed by atoms with Crippen molar-refractivity contribution in [2.45, 2.75) is 38.8 Å². The van der Waals surface area contributed by atoms with Crippen molar-refractivity contribution < 1.29 is 9.84 Å². The first-order valence-corrected chi connectivity index (χ1v) is 9.14. The van der Waals surface area contributed by atoms with Crippen LogP contribution in [0.3, 0.4) is 0 Å². The van der Waals surface area contributed by atoms with Crippen LogP contribution in [0, 0.1) is 5.92 Å². The number of fused-ring (bicyclic) bond motifs is 1. The van der Waals surface area contributed by atoms with Gasteiger partial charge in [0.2, 0.25) is 0 Å². The smallest absolute Gasteiger partial charge is 0.328 e. The summed E-state index contributed by atoms with van der Waals surface area (Å²) in [5.74, 6) is 0.397. The zero-order valence-corrected chi connectivity index (χ0v) is 15.5. The quantitative estimate of drug-likeness (QED) is 0.727. The van der Waals surface area contributed by atoms with E-state index in [0.29, 0.717) is 35.1 Å². The molecule has 2 N–H and O–H groups in total. The summed E-state index contributed by atoms with van der Waals surface area (Å²) in [6.07, 6.45) is 5.16. The number of aromatic amines is 1. The van der Waals surface area contributed by atoms with Crippen LogP contribution in [0.15, 0.2) is 29.3 Å². The Balaban J connectivity index is 1.68. The number of aromatic nitrogens is 5. The zero-order valence-electron chi connectivity index (χ0n) is 15.5. The van der Waals surface area contributed by atoms with Crippen molar-refractivity contribution in [1.29, 1.82) is 0 Å². The molecule has 0 bridgehead atoms. The summed E-state index contributed by atoms with van der Waals surface area (Å²) in [5.41, 5.74) is 1.84. The Morgan fingerprint density at radius 1 is 1.26 bits per heavy atom. The van der Waals surface area contributed by atoms with Gasteiger partial charge in [-0.2, -0.15) is 0 Å². The number of pyridine rings is 1. The summed E-state index contributed by atoms with van der Waals surface area (Å²) in [6, 6.07) is 3.62. The molecule has 1 aliphatic heterocycles. The van der Waals surface area contributed by atoms with Crippen LogP contribution in [0.25, 0.3) is 22.6 Å². The van der Waals surface area contributed by atoms with Crippen LogP contribution in [-0.2, 0) is 16.9 Å². The van der Waals surface area contributed by atoms with Crippen LogP contribution in [0.2, 0.25) is 0 Å². The van der Waals surface area contributed by atoms with Crippen LogP contribution >= 0.6 is 0 Å². The van der Waals surface area contributed by atoms with Crippen molar-refractivity contribution in [2.75, 3.05) is 13.2 Å². The Labute approximate surface area is 156 Å². The van der Waals surface area contributed by atoms with Gasteiger partial charge in [-0.05, 0) is 44.7 Å². The van der Waals surface area contributed by atoms with E-state index < -0.39 is 5.60 Å². The molecule has 4 heterocycles. The molecule has 1 aliphatic rings. The van der Waals surface area contributed by atoms with Gasteiger partial charge in [0, 0.05) is 31.5 Å². The standard InChI is InChI=1S/C19H23N5O3/c1-19(2,26)15-4-3-13(9-20-15)14-10-21-16-17(22-14)24(18(25)23-16)11-12-5-7-27-8-6-12/h3-4,9-10,12,26H,5-8,11H2,1-2H3,(H,21,23,25). The first kappa shape index (κ1) is 17.8. The van der Waals surface area contributed by atoms with E-state index in [0.717, 1.165) is 31.6 Å². The second-order valence-electron chi connectivity index (χ2n) is 7.52. The molecule has 0 aliphatic carbocycles. The molecule has 4 rings (SSSR count). The molecule has 142 valence electrons. The first-order chi connectivity index (χ1) is 12.9. The number of hydrogen-bond acceptors (Lipinski definition) is 6. The number of H-pyrrole nitrogens is 1. The monoisotopic (exact) mass is 369 g/mol. The zero-order chi connectivity index (χ0) is 19.0. The van der Waals surface area contributed by atoms with Crippen LogP contribution in [-0.4, -0.2) is 42.8 Å². The predicted molar refractivity (Wildman–Crippen MR) is 100 cm³/mol. The lowest BCUT2D eigenvalue weighted by Crippen LogP contribution is -2.26. The summed E-state index contributed by atoms with van der Waals surface area (Å²) >= 11 is 0. The predicted octanol–water partition coefficient (Wildman–Crippen LogP) is 1.84. The maximum absolute atomic E-state index is 12.4. The first-order valence-electron chi connectivity index (χ1n) is 9.14. The SMILES string of the molecule is CC(C)(O)c1ccc(-c2cnc3[nH]c(=O)n(CC4CCOCC4)c3n2)cn1. The highest BCUT2D eigenvalue weighted by Crippen LogP contribution is 2.23. The number of hydrogen-bond donors (Lipinski definition) is 2. The van der Waals surface area contributed by atoms with Crippen molar-refractivity contribution in [3.63, 3.8) is 0 Å². The number of nitrogens with one attached hydrogen (secondary N) is 1. The van der Waals surface area contributed by atoms with Crippen molar-refractivity contribution in [2.24, 2.45) is 5.92 Å². The van der Waals surface area contributed by atoms with Gasteiger partial charge in [-0.15, -0.1) is 0 Å². The Hall–Kier alpha value is -2.58. The largest absolute Gasteiger partial charge is 0.384 e. The fourth-order valence-electron chi connectivity index (χ4n) is 3.32. The molecule has 0 saturated carbocycles. The molecule has 1 fully saturated rings. The number of nitrogens with zero attached hydrogens (tertiary/aromatic N) is 4. The lowest BCUT2D eigenvalue weighted by molar-refractivity contribution is 0.0613. The highest BCUT2D eigenvalue weighted by molar-refractivity contribution is 5.70. The number of aliphatic hydroxyl groups is 1. The fraction of sp³-hybridized carbons (Fsp3) is 0.474. The minimum atomic E-state index is -1.00. The van der Waals surface area contributed by atoms with Gasteiger partial charge < -0.3 is 9.84 Å². The maximum Gasteiger partial charge on any atom is 0.328 e. The van der Waals surface area contributed by atoms with Gasteiger partial charge in [0.25, 0.3) is 0 Å². The molecular formula is C19H23N5O3. The maximum atomic E-state index is 12.4. The molecule has 0 aromatic carbocycles. The van der Waals surface area contributed by atoms with E-state index in [1.54, 1.807) is 36.9 Å². The Morgan fingerprint density at radius 2 is 2.04 bits per heavy atom. The summed E-state index contributed by atoms with van der Waals surface area (Å²) in [6.45, 7) is 5.46. The third-order valence-corrected chi connectivity index (χ3v) is 4.95. The molecule has 1 saturated heterocycles. The molecule has 0 radical (unpaired) electrons. The fourth-order valence-corrected chi connectivity index (χ4v) is 3.32. The molecule has 27 heavy (non-hydrogen) atoms. The molecular weight excluding hydrogens is 346 g/mol. The minimum Gasteiger partial charge on any atom is -0.384 e. The van der Waals surface area contributed by atoms with E-state index in [1.165, 1.54) is 0 Å². The number of imidazole rings is 1. The van der Waals surface area contributed by atoms with Gasteiger partial charge in [-0.1, -0.05) is 0 Å². The summed E-state index contributed by atoms with van der Waals surface area (Å²) in [4.78, 5) is 28.5. The van der Waals surface area contributed by atoms with Crippen molar-refractivity contribution in [3.05, 3.63) is 40.7 Å². The van der Waals surface area contributed by atoms with E-state index in [9.17, 15) is 9.90 Å². The van der Waals surface area contributed by atoms with Gasteiger partial charge in [-0.25, -0.2) is 14.8 Å². The highest BCUT2D eigenvalue weighted by Gasteiger charge is 2.20. The lowest BCUT2D eigenvalue weighted by Gasteiger charge is -2.21. The number of ether oxygens (including phenoxy) is 1. The third kappa shape index (κ3) is 3.63. The van der Waals surface area contributed by atoms with Gasteiger partial charge in [0.05, 0.1) is 17.6 Å². The van der Waals surface area contributed by atoms with Crippen molar-refractivity contribution in [3.8, 4) is 11.3 Å². The van der Waals surface area contributed by atoms with E-state index >= 15 is 0 Å². The van der Waals surface area contributed by atoms with E-state index in [2.05, 4.69) is 19.9 Å². The Morgan fingerprint density at radius 3 is 2.70 bits per heavy atom. The number of rotatable bonds is 4. The Kier molecular flexibility index (Phi) is 4.53. The van der Waals surface area contributed by atoms with Crippen LogP contribution < -0.4 is 5.69 Å². The van der Waals surface area contributed by atoms with Gasteiger partial charge in [0.15, 0.2) is 11.3 Å². The highest BCUT2D eigenvalue weighted by atomic mass is 16.5. The van der Waals surface area contributed by atoms with Gasteiger partial charge in [-0.3, -0.25) is 14.5 Å². The normalized spacial score (nSPS) is 16.1. The van der Waals surface area contributed by atoms with Gasteiger partial charge >= 0.3 is 5.69 Å². The van der Waals surface area contributed by atoms with E-state index in [-0.39, 0.29) is 5.69 Å². The third-order valence-electron chi connectivity index (χ3n) is 4.95. The second-order valence-corrected chi connectivity index (χ2v) is 7.52. The van der Waals surface area contributed by atoms with E-state index in [4.69, 9.17) is 4.74 Å². The summed E-state index contributed by atoms with van der Waals surface area (Å²) in [7, 11) is 0. The average Bonchev–Trinajstić information content (AvgIpc) is 2.97. The summed E-state index contributed by atoms with van der Waals surface area (Å²) < 4.78 is 7.07. The topological polar surface area (TPSA) is 106 Å². The Bertz CT molecular complexity index is 995. The van der Waals surface area contributed by atoms with E-state index in [1.807, 2.05) is 6.07 Å². The molecule has 3 aromatic heterocycles. The van der Waals surface area contributed by atoms with Crippen molar-refractivity contribution >= 4 is 11.3 Å². The molecule has 0 unspecified atom stereocenters. The molecule has 0 spiro atoms. The second kappa shape index (κ2) is 6.86. The van der Waals surface area contributed by atoms with Crippen LogP contribution in [0.4, 0.5) is 0 Å². The van der Waals surface area contributed by atoms with Crippen LogP contribution in [0.1, 0.15) is 32.4 Å². The minimum absolute atomic E-state index is 0.191. The van der Waals surface area contributed by atoms with Crippen LogP contribution in [0.5, 0.6) is 0 Å². The summed E-state index contributed by atoms with van der Waals surface area (Å²) in [5, 5.41) is 10.0. The molecule has 8 nitrogen and oxygen atoms in total. The molecule has 8 heteroatoms.